The van der Waals surface area contributed by atoms with Crippen LogP contribution >= 0.6 is 0 Å². The van der Waals surface area contributed by atoms with E-state index in [9.17, 15) is 4.79 Å². The Kier molecular flexibility index (Phi) is 3.30. The molecule has 1 atom stereocenters. The molecule has 0 bridgehead atoms. The van der Waals surface area contributed by atoms with Crippen molar-refractivity contribution in [2.75, 3.05) is 18.7 Å². The molecule has 3 rings (SSSR count). The number of nitrogens with one attached hydrogen (secondary N) is 2. The molecule has 1 amide bonds. The highest BCUT2D eigenvalue weighted by Crippen LogP contribution is 2.35. The first kappa shape index (κ1) is 13.2. The summed E-state index contributed by atoms with van der Waals surface area (Å²) in [6, 6.07) is 5.29. The first-order valence-electron chi connectivity index (χ1n) is 7.00. The zero-order valence-corrected chi connectivity index (χ0v) is 11.9. The zero-order valence-electron chi connectivity index (χ0n) is 11.9. The normalized spacial score (nSPS) is 23.4. The van der Waals surface area contributed by atoms with Crippen molar-refractivity contribution >= 4 is 11.6 Å². The highest BCUT2D eigenvalue weighted by atomic mass is 16.7. The van der Waals surface area contributed by atoms with Crippen molar-refractivity contribution in [3.05, 3.63) is 18.2 Å². The molecule has 1 fully saturated rings. The van der Waals surface area contributed by atoms with Crippen LogP contribution in [0.3, 0.4) is 0 Å². The van der Waals surface area contributed by atoms with Crippen LogP contribution in [0.5, 0.6) is 11.5 Å². The average Bonchev–Trinajstić information content (AvgIpc) is 2.85. The second-order valence-corrected chi connectivity index (χ2v) is 6.04. The molecule has 5 nitrogen and oxygen atoms in total. The third-order valence-corrected chi connectivity index (χ3v) is 4.03. The summed E-state index contributed by atoms with van der Waals surface area (Å²) < 4.78 is 10.6. The maximum Gasteiger partial charge on any atom is 0.242 e. The zero-order chi connectivity index (χ0) is 14.2. The van der Waals surface area contributed by atoms with E-state index in [0.717, 1.165) is 30.8 Å². The van der Waals surface area contributed by atoms with Crippen LogP contribution in [0.25, 0.3) is 0 Å². The minimum atomic E-state index is -0.165. The number of hydrogen-bond acceptors (Lipinski definition) is 4. The number of amides is 1. The first-order chi connectivity index (χ1) is 9.56. The number of carbonyl (C=O) groups is 1. The molecule has 2 N–H and O–H groups in total. The van der Waals surface area contributed by atoms with Gasteiger partial charge in [-0.3, -0.25) is 4.79 Å². The van der Waals surface area contributed by atoms with Crippen LogP contribution in [0.15, 0.2) is 18.2 Å². The van der Waals surface area contributed by atoms with E-state index in [0.29, 0.717) is 5.75 Å². The van der Waals surface area contributed by atoms with Gasteiger partial charge in [0.2, 0.25) is 12.7 Å². The predicted molar refractivity (Wildman–Crippen MR) is 76.0 cm³/mol. The summed E-state index contributed by atoms with van der Waals surface area (Å²) in [4.78, 5) is 12.4. The van der Waals surface area contributed by atoms with Gasteiger partial charge in [-0.2, -0.15) is 0 Å². The topological polar surface area (TPSA) is 59.6 Å². The minimum Gasteiger partial charge on any atom is -0.454 e. The van der Waals surface area contributed by atoms with Crippen LogP contribution in [-0.2, 0) is 4.79 Å². The molecule has 1 saturated heterocycles. The molecule has 1 aromatic rings. The lowest BCUT2D eigenvalue weighted by atomic mass is 9.77. The van der Waals surface area contributed by atoms with Crippen LogP contribution in [0.2, 0.25) is 0 Å². The number of anilines is 1. The number of piperidine rings is 1. The number of hydrogen-bond donors (Lipinski definition) is 2. The lowest BCUT2D eigenvalue weighted by molar-refractivity contribution is -0.121. The standard InChI is InChI=1S/C15H20N2O3/c1-15(2)6-3-7-16-13(15)14(18)17-10-4-5-11-12(8-10)20-9-19-11/h4-5,8,13,16H,3,6-7,9H2,1-2H3,(H,17,18). The lowest BCUT2D eigenvalue weighted by Crippen LogP contribution is -2.53. The summed E-state index contributed by atoms with van der Waals surface area (Å²) in [5, 5.41) is 6.27. The molecule has 108 valence electrons. The van der Waals surface area contributed by atoms with Crippen molar-refractivity contribution < 1.29 is 14.3 Å². The van der Waals surface area contributed by atoms with Gasteiger partial charge in [-0.25, -0.2) is 0 Å². The van der Waals surface area contributed by atoms with E-state index in [-0.39, 0.29) is 24.2 Å². The van der Waals surface area contributed by atoms with Gasteiger partial charge in [-0.05, 0) is 36.9 Å². The van der Waals surface area contributed by atoms with Crippen LogP contribution in [0, 0.1) is 5.41 Å². The summed E-state index contributed by atoms with van der Waals surface area (Å²) in [5.41, 5.74) is 0.709. The number of carbonyl (C=O) groups excluding carboxylic acids is 1. The molecule has 0 aromatic heterocycles. The van der Waals surface area contributed by atoms with E-state index in [1.807, 2.05) is 12.1 Å². The van der Waals surface area contributed by atoms with Crippen molar-refractivity contribution in [2.45, 2.75) is 32.7 Å². The Bertz CT molecular complexity index is 528. The largest absolute Gasteiger partial charge is 0.454 e. The summed E-state index contributed by atoms with van der Waals surface area (Å²) in [5.74, 6) is 1.41. The lowest BCUT2D eigenvalue weighted by Gasteiger charge is -2.38. The van der Waals surface area contributed by atoms with Crippen LogP contribution in [0.4, 0.5) is 5.69 Å². The van der Waals surface area contributed by atoms with E-state index in [1.54, 1.807) is 6.07 Å². The summed E-state index contributed by atoms with van der Waals surface area (Å²) in [7, 11) is 0. The van der Waals surface area contributed by atoms with E-state index in [2.05, 4.69) is 24.5 Å². The van der Waals surface area contributed by atoms with Crippen LogP contribution in [-0.4, -0.2) is 25.3 Å². The predicted octanol–water partition coefficient (Wildman–Crippen LogP) is 2.13. The number of rotatable bonds is 2. The molecule has 0 spiro atoms. The maximum atomic E-state index is 12.4. The molecular weight excluding hydrogens is 256 g/mol. The number of fused-ring (bicyclic) bond motifs is 1. The second-order valence-electron chi connectivity index (χ2n) is 6.04. The fraction of sp³-hybridized carbons (Fsp3) is 0.533. The summed E-state index contributed by atoms with van der Waals surface area (Å²) in [6.45, 7) is 5.39. The fourth-order valence-electron chi connectivity index (χ4n) is 2.85. The molecule has 1 unspecified atom stereocenters. The van der Waals surface area contributed by atoms with Crippen molar-refractivity contribution in [1.82, 2.24) is 5.32 Å². The Balaban J connectivity index is 1.72. The van der Waals surface area contributed by atoms with E-state index in [4.69, 9.17) is 9.47 Å². The van der Waals surface area contributed by atoms with Gasteiger partial charge in [0.15, 0.2) is 11.5 Å². The SMILES string of the molecule is CC1(C)CCCNC1C(=O)Nc1ccc2c(c1)OCO2. The van der Waals surface area contributed by atoms with Gasteiger partial charge in [0.1, 0.15) is 0 Å². The van der Waals surface area contributed by atoms with Gasteiger partial charge < -0.3 is 20.1 Å². The highest BCUT2D eigenvalue weighted by Gasteiger charge is 2.37. The highest BCUT2D eigenvalue weighted by molar-refractivity contribution is 5.95. The molecule has 0 saturated carbocycles. The Morgan fingerprint density at radius 3 is 2.95 bits per heavy atom. The first-order valence-corrected chi connectivity index (χ1v) is 7.00. The minimum absolute atomic E-state index is 0.00793. The van der Waals surface area contributed by atoms with Crippen molar-refractivity contribution in [3.63, 3.8) is 0 Å². The Hall–Kier alpha value is -1.75. The van der Waals surface area contributed by atoms with Gasteiger partial charge in [0, 0.05) is 11.8 Å². The molecule has 2 aliphatic rings. The number of ether oxygens (including phenoxy) is 2. The molecule has 0 radical (unpaired) electrons. The smallest absolute Gasteiger partial charge is 0.242 e. The van der Waals surface area contributed by atoms with E-state index in [1.165, 1.54) is 0 Å². The average molecular weight is 276 g/mol. The molecule has 1 aromatic carbocycles. The summed E-state index contributed by atoms with van der Waals surface area (Å²) >= 11 is 0. The van der Waals surface area contributed by atoms with Crippen LogP contribution < -0.4 is 20.1 Å². The Labute approximate surface area is 118 Å². The third kappa shape index (κ3) is 2.45. The van der Waals surface area contributed by atoms with Gasteiger partial charge in [-0.1, -0.05) is 13.8 Å². The van der Waals surface area contributed by atoms with E-state index < -0.39 is 0 Å². The Morgan fingerprint density at radius 1 is 1.35 bits per heavy atom. The summed E-state index contributed by atoms with van der Waals surface area (Å²) in [6.07, 6.45) is 2.17. The molecule has 2 heterocycles. The van der Waals surface area contributed by atoms with Gasteiger partial charge in [0.25, 0.3) is 0 Å². The monoisotopic (exact) mass is 276 g/mol. The van der Waals surface area contributed by atoms with Crippen molar-refractivity contribution in [2.24, 2.45) is 5.41 Å². The van der Waals surface area contributed by atoms with Gasteiger partial charge in [0.05, 0.1) is 6.04 Å². The Morgan fingerprint density at radius 2 is 2.15 bits per heavy atom. The van der Waals surface area contributed by atoms with Gasteiger partial charge >= 0.3 is 0 Å². The quantitative estimate of drug-likeness (QED) is 0.869. The fourth-order valence-corrected chi connectivity index (χ4v) is 2.85. The molecule has 0 aliphatic carbocycles. The van der Waals surface area contributed by atoms with E-state index >= 15 is 0 Å². The molecule has 20 heavy (non-hydrogen) atoms. The molecular formula is C15H20N2O3. The second kappa shape index (κ2) is 4.98. The molecule has 2 aliphatic heterocycles. The van der Waals surface area contributed by atoms with Crippen LogP contribution in [0.1, 0.15) is 26.7 Å². The number of benzene rings is 1. The van der Waals surface area contributed by atoms with Crippen molar-refractivity contribution in [3.8, 4) is 11.5 Å². The van der Waals surface area contributed by atoms with Crippen molar-refractivity contribution in [1.29, 1.82) is 0 Å². The molecule has 5 heteroatoms. The maximum absolute atomic E-state index is 12.4. The van der Waals surface area contributed by atoms with Gasteiger partial charge in [-0.15, -0.1) is 0 Å². The third-order valence-electron chi connectivity index (χ3n) is 4.03.